The van der Waals surface area contributed by atoms with Crippen LogP contribution >= 0.6 is 11.8 Å². The fourth-order valence-corrected chi connectivity index (χ4v) is 3.83. The van der Waals surface area contributed by atoms with E-state index in [-0.39, 0.29) is 23.2 Å². The molecule has 0 aliphatic carbocycles. The maximum Gasteiger partial charge on any atom is 0.294 e. The largest absolute Gasteiger partial charge is 0.457 e. The molecule has 1 aromatic carbocycles. The molecule has 2 aliphatic rings. The summed E-state index contributed by atoms with van der Waals surface area (Å²) in [5.41, 5.74) is 0.690. The first-order chi connectivity index (χ1) is 14.0. The fraction of sp³-hybridized carbons (Fsp3) is 0.250. The lowest BCUT2D eigenvalue weighted by molar-refractivity contribution is -0.139. The minimum atomic E-state index is -0.527. The first-order valence-corrected chi connectivity index (χ1v) is 9.79. The van der Waals surface area contributed by atoms with E-state index in [1.54, 1.807) is 29.2 Å². The van der Waals surface area contributed by atoms with Crippen LogP contribution < -0.4 is 0 Å². The summed E-state index contributed by atoms with van der Waals surface area (Å²) in [7, 11) is 0. The van der Waals surface area contributed by atoms with E-state index in [2.05, 4.69) is 0 Å². The van der Waals surface area contributed by atoms with Crippen molar-refractivity contribution in [1.82, 2.24) is 9.80 Å². The molecule has 2 aliphatic heterocycles. The molecule has 2 fully saturated rings. The van der Waals surface area contributed by atoms with Crippen LogP contribution in [0.4, 0.5) is 9.18 Å². The van der Waals surface area contributed by atoms with Crippen LogP contribution in [0, 0.1) is 5.82 Å². The van der Waals surface area contributed by atoms with Crippen molar-refractivity contribution < 1.29 is 27.9 Å². The Labute approximate surface area is 170 Å². The minimum absolute atomic E-state index is 0.185. The summed E-state index contributed by atoms with van der Waals surface area (Å²) >= 11 is 0.766. The van der Waals surface area contributed by atoms with Gasteiger partial charge in [0.2, 0.25) is 5.91 Å². The van der Waals surface area contributed by atoms with Crippen LogP contribution in [0.5, 0.6) is 0 Å². The molecule has 0 bridgehead atoms. The predicted molar refractivity (Wildman–Crippen MR) is 104 cm³/mol. The fourth-order valence-electron chi connectivity index (χ4n) is 3.01. The van der Waals surface area contributed by atoms with Gasteiger partial charge in [0, 0.05) is 24.7 Å². The van der Waals surface area contributed by atoms with Crippen LogP contribution in [0.2, 0.25) is 0 Å². The number of rotatable bonds is 4. The number of imide groups is 1. The minimum Gasteiger partial charge on any atom is -0.457 e. The van der Waals surface area contributed by atoms with Gasteiger partial charge in [-0.15, -0.1) is 0 Å². The Kier molecular flexibility index (Phi) is 5.50. The summed E-state index contributed by atoms with van der Waals surface area (Å²) in [4.78, 5) is 39.9. The number of thioether (sulfide) groups is 1. The van der Waals surface area contributed by atoms with Crippen LogP contribution in [0.1, 0.15) is 5.76 Å². The third-order valence-corrected chi connectivity index (χ3v) is 5.47. The molecule has 3 heterocycles. The monoisotopic (exact) mass is 416 g/mol. The van der Waals surface area contributed by atoms with Gasteiger partial charge in [0.15, 0.2) is 0 Å². The molecule has 9 heteroatoms. The third-order valence-electron chi connectivity index (χ3n) is 4.56. The highest BCUT2D eigenvalue weighted by Crippen LogP contribution is 2.33. The van der Waals surface area contributed by atoms with E-state index in [4.69, 9.17) is 9.15 Å². The zero-order valence-electron chi connectivity index (χ0n) is 15.3. The summed E-state index contributed by atoms with van der Waals surface area (Å²) in [5.74, 6) is -0.261. The van der Waals surface area contributed by atoms with E-state index in [0.29, 0.717) is 43.4 Å². The van der Waals surface area contributed by atoms with Crippen molar-refractivity contribution in [1.29, 1.82) is 0 Å². The molecule has 4 rings (SSSR count). The quantitative estimate of drug-likeness (QED) is 0.713. The van der Waals surface area contributed by atoms with Crippen LogP contribution in [0.25, 0.3) is 17.4 Å². The number of nitrogens with zero attached hydrogens (tertiary/aromatic N) is 2. The molecular formula is C20H17FN2O5S. The second-order valence-electron chi connectivity index (χ2n) is 6.47. The summed E-state index contributed by atoms with van der Waals surface area (Å²) in [6.07, 6.45) is 1.47. The molecular weight excluding hydrogens is 399 g/mol. The maximum absolute atomic E-state index is 13.1. The lowest BCUT2D eigenvalue weighted by Gasteiger charge is -2.27. The van der Waals surface area contributed by atoms with Gasteiger partial charge in [0.1, 0.15) is 23.9 Å². The second-order valence-corrected chi connectivity index (χ2v) is 7.46. The molecule has 3 amide bonds. The summed E-state index contributed by atoms with van der Waals surface area (Å²) in [6, 6.07) is 9.19. The van der Waals surface area contributed by atoms with E-state index in [1.807, 2.05) is 0 Å². The van der Waals surface area contributed by atoms with Gasteiger partial charge in [-0.1, -0.05) is 0 Å². The van der Waals surface area contributed by atoms with Gasteiger partial charge in [-0.05, 0) is 48.2 Å². The summed E-state index contributed by atoms with van der Waals surface area (Å²) in [5, 5.41) is -0.492. The van der Waals surface area contributed by atoms with Gasteiger partial charge in [-0.2, -0.15) is 0 Å². The summed E-state index contributed by atoms with van der Waals surface area (Å²) in [6.45, 7) is 1.50. The number of carbonyl (C=O) groups excluding carboxylic acids is 3. The molecule has 0 unspecified atom stereocenters. The third kappa shape index (κ3) is 4.25. The Bertz CT molecular complexity index is 979. The van der Waals surface area contributed by atoms with Crippen LogP contribution in [-0.2, 0) is 14.3 Å². The van der Waals surface area contributed by atoms with Gasteiger partial charge in [-0.25, -0.2) is 4.39 Å². The lowest BCUT2D eigenvalue weighted by atomic mass is 10.2. The Morgan fingerprint density at radius 2 is 1.83 bits per heavy atom. The highest BCUT2D eigenvalue weighted by molar-refractivity contribution is 8.18. The van der Waals surface area contributed by atoms with Crippen molar-refractivity contribution in [2.45, 2.75) is 0 Å². The van der Waals surface area contributed by atoms with Gasteiger partial charge < -0.3 is 14.1 Å². The number of hydrogen-bond acceptors (Lipinski definition) is 6. The maximum atomic E-state index is 13.1. The number of hydrogen-bond donors (Lipinski definition) is 0. The van der Waals surface area contributed by atoms with Crippen molar-refractivity contribution in [3.05, 3.63) is 52.9 Å². The first-order valence-electron chi connectivity index (χ1n) is 8.98. The Morgan fingerprint density at radius 3 is 2.55 bits per heavy atom. The molecule has 0 radical (unpaired) electrons. The average Bonchev–Trinajstić information content (AvgIpc) is 3.29. The molecule has 0 atom stereocenters. The molecule has 0 N–H and O–H groups in total. The number of morpholine rings is 1. The van der Waals surface area contributed by atoms with Crippen molar-refractivity contribution in [2.24, 2.45) is 0 Å². The standard InChI is InChI=1S/C20H17FN2O5S/c21-14-3-1-13(2-4-14)16-6-5-15(28-16)11-17-19(25)23(20(26)29-17)12-18(24)22-7-9-27-10-8-22/h1-6,11H,7-10,12H2/b17-11-. The van der Waals surface area contributed by atoms with Crippen molar-refractivity contribution in [3.8, 4) is 11.3 Å². The molecule has 1 aromatic heterocycles. The number of carbonyl (C=O) groups is 3. The van der Waals surface area contributed by atoms with Crippen LogP contribution in [-0.4, -0.2) is 59.7 Å². The highest BCUT2D eigenvalue weighted by Gasteiger charge is 2.37. The Balaban J connectivity index is 1.46. The van der Waals surface area contributed by atoms with E-state index in [1.165, 1.54) is 18.2 Å². The SMILES string of the molecule is O=C(CN1C(=O)S/C(=C\c2ccc(-c3ccc(F)cc3)o2)C1=O)N1CCOCC1. The number of halogens is 1. The highest BCUT2D eigenvalue weighted by atomic mass is 32.2. The van der Waals surface area contributed by atoms with E-state index < -0.39 is 11.1 Å². The van der Waals surface area contributed by atoms with E-state index in [0.717, 1.165) is 16.7 Å². The number of amides is 3. The number of furan rings is 1. The zero-order chi connectivity index (χ0) is 20.4. The summed E-state index contributed by atoms with van der Waals surface area (Å²) < 4.78 is 23.9. The van der Waals surface area contributed by atoms with Crippen molar-refractivity contribution >= 4 is 34.9 Å². The van der Waals surface area contributed by atoms with Crippen LogP contribution in [0.15, 0.2) is 45.7 Å². The zero-order valence-corrected chi connectivity index (χ0v) is 16.1. The first kappa shape index (κ1) is 19.4. The topological polar surface area (TPSA) is 80.1 Å². The molecule has 0 saturated carbocycles. The molecule has 2 saturated heterocycles. The average molecular weight is 416 g/mol. The number of benzene rings is 1. The lowest BCUT2D eigenvalue weighted by Crippen LogP contribution is -2.46. The Hall–Kier alpha value is -2.91. The van der Waals surface area contributed by atoms with E-state index in [9.17, 15) is 18.8 Å². The molecule has 7 nitrogen and oxygen atoms in total. The Morgan fingerprint density at radius 1 is 1.10 bits per heavy atom. The normalized spacial score (nSPS) is 18.7. The van der Waals surface area contributed by atoms with E-state index >= 15 is 0 Å². The molecule has 2 aromatic rings. The second kappa shape index (κ2) is 8.22. The van der Waals surface area contributed by atoms with Gasteiger partial charge in [0.25, 0.3) is 11.1 Å². The molecule has 29 heavy (non-hydrogen) atoms. The van der Waals surface area contributed by atoms with Gasteiger partial charge in [-0.3, -0.25) is 19.3 Å². The predicted octanol–water partition coefficient (Wildman–Crippen LogP) is 2.98. The van der Waals surface area contributed by atoms with Crippen molar-refractivity contribution in [3.63, 3.8) is 0 Å². The smallest absolute Gasteiger partial charge is 0.294 e. The molecule has 0 spiro atoms. The van der Waals surface area contributed by atoms with Gasteiger partial charge >= 0.3 is 0 Å². The van der Waals surface area contributed by atoms with Crippen molar-refractivity contribution in [2.75, 3.05) is 32.8 Å². The van der Waals surface area contributed by atoms with Gasteiger partial charge in [0.05, 0.1) is 18.1 Å². The molecule has 150 valence electrons. The van der Waals surface area contributed by atoms with Crippen LogP contribution in [0.3, 0.4) is 0 Å². The number of ether oxygens (including phenoxy) is 1.